The summed E-state index contributed by atoms with van der Waals surface area (Å²) < 4.78 is 5.95. The molecule has 3 aromatic carbocycles. The number of aromatic nitrogens is 2. The van der Waals surface area contributed by atoms with Crippen molar-refractivity contribution in [3.05, 3.63) is 108 Å². The molecule has 4 aromatic rings. The summed E-state index contributed by atoms with van der Waals surface area (Å²) in [7, 11) is 0. The van der Waals surface area contributed by atoms with Crippen molar-refractivity contribution in [1.82, 2.24) is 15.3 Å². The van der Waals surface area contributed by atoms with Gasteiger partial charge in [-0.15, -0.1) is 0 Å². The van der Waals surface area contributed by atoms with Gasteiger partial charge < -0.3 is 20.8 Å². The maximum atomic E-state index is 13.3. The fraction of sp³-hybridized carbons (Fsp3) is 0.312. The van der Waals surface area contributed by atoms with Gasteiger partial charge in [-0.1, -0.05) is 72.8 Å². The second-order valence-electron chi connectivity index (χ2n) is 10.2. The highest BCUT2D eigenvalue weighted by molar-refractivity contribution is 5.79. The van der Waals surface area contributed by atoms with Crippen molar-refractivity contribution in [2.75, 3.05) is 6.54 Å². The van der Waals surface area contributed by atoms with Crippen molar-refractivity contribution in [3.8, 4) is 17.0 Å². The molecule has 1 aliphatic rings. The highest BCUT2D eigenvalue weighted by Crippen LogP contribution is 2.30. The van der Waals surface area contributed by atoms with E-state index in [4.69, 9.17) is 15.5 Å². The molecule has 1 fully saturated rings. The number of benzene rings is 3. The Bertz CT molecular complexity index is 1280. The van der Waals surface area contributed by atoms with Crippen LogP contribution in [0, 0.1) is 11.8 Å². The van der Waals surface area contributed by atoms with Gasteiger partial charge in [-0.05, 0) is 67.8 Å². The second kappa shape index (κ2) is 12.6. The Labute approximate surface area is 224 Å². The Morgan fingerprint density at radius 2 is 1.61 bits per heavy atom. The van der Waals surface area contributed by atoms with Gasteiger partial charge in [0.05, 0.1) is 11.7 Å². The van der Waals surface area contributed by atoms with Crippen LogP contribution in [0.2, 0.25) is 0 Å². The zero-order valence-corrected chi connectivity index (χ0v) is 21.7. The van der Waals surface area contributed by atoms with Crippen molar-refractivity contribution in [3.63, 3.8) is 0 Å². The van der Waals surface area contributed by atoms with Crippen LogP contribution in [-0.4, -0.2) is 22.4 Å². The van der Waals surface area contributed by atoms with E-state index in [1.165, 1.54) is 0 Å². The molecule has 0 aliphatic heterocycles. The number of imidazole rings is 1. The van der Waals surface area contributed by atoms with Crippen LogP contribution >= 0.6 is 0 Å². The Kier molecular flexibility index (Phi) is 8.51. The molecule has 6 heteroatoms. The largest absolute Gasteiger partial charge is 0.489 e. The van der Waals surface area contributed by atoms with Crippen molar-refractivity contribution in [2.24, 2.45) is 17.6 Å². The summed E-state index contributed by atoms with van der Waals surface area (Å²) in [5, 5.41) is 3.32. The van der Waals surface area contributed by atoms with Gasteiger partial charge in [0.1, 0.15) is 18.2 Å². The fourth-order valence-corrected chi connectivity index (χ4v) is 5.14. The number of carbonyl (C=O) groups is 1. The van der Waals surface area contributed by atoms with E-state index in [1.54, 1.807) is 0 Å². The number of amides is 1. The number of ether oxygens (including phenoxy) is 1. The first-order chi connectivity index (χ1) is 18.7. The van der Waals surface area contributed by atoms with Gasteiger partial charge in [0.2, 0.25) is 5.91 Å². The topological polar surface area (TPSA) is 93.0 Å². The van der Waals surface area contributed by atoms with Gasteiger partial charge in [0.25, 0.3) is 0 Å². The first kappa shape index (κ1) is 25.7. The van der Waals surface area contributed by atoms with Crippen LogP contribution in [0.5, 0.6) is 5.75 Å². The third-order valence-electron chi connectivity index (χ3n) is 7.48. The van der Waals surface area contributed by atoms with Crippen molar-refractivity contribution in [2.45, 2.75) is 44.8 Å². The molecule has 1 atom stereocenters. The molecule has 0 spiro atoms. The molecule has 0 saturated heterocycles. The molecule has 1 heterocycles. The normalized spacial score (nSPS) is 18.0. The Hall–Kier alpha value is -3.90. The van der Waals surface area contributed by atoms with Gasteiger partial charge in [-0.25, -0.2) is 4.98 Å². The van der Waals surface area contributed by atoms with E-state index in [0.29, 0.717) is 25.5 Å². The number of rotatable bonds is 10. The van der Waals surface area contributed by atoms with Crippen molar-refractivity contribution < 1.29 is 9.53 Å². The molecule has 1 saturated carbocycles. The maximum Gasteiger partial charge on any atom is 0.223 e. The number of hydrogen-bond acceptors (Lipinski definition) is 4. The van der Waals surface area contributed by atoms with Crippen molar-refractivity contribution in [1.29, 1.82) is 0 Å². The molecule has 0 radical (unpaired) electrons. The SMILES string of the molecule is NC[C@H]1CC[C@H](C(=O)N[C@@H](Cc2ccc(OCc3ccccc3)cc2)c2nc(-c3ccccc3)c[nH]2)CC1. The molecule has 38 heavy (non-hydrogen) atoms. The molecule has 4 N–H and O–H groups in total. The number of hydrogen-bond donors (Lipinski definition) is 3. The molecule has 1 aliphatic carbocycles. The highest BCUT2D eigenvalue weighted by atomic mass is 16.5. The molecule has 1 amide bonds. The number of H-pyrrole nitrogens is 1. The van der Waals surface area contributed by atoms with E-state index in [2.05, 4.69) is 34.6 Å². The average Bonchev–Trinajstić information content (AvgIpc) is 3.48. The lowest BCUT2D eigenvalue weighted by atomic mass is 9.81. The Balaban J connectivity index is 1.29. The molecule has 0 unspecified atom stereocenters. The molecule has 5 rings (SSSR count). The minimum absolute atomic E-state index is 0.0256. The average molecular weight is 509 g/mol. The number of aromatic amines is 1. The van der Waals surface area contributed by atoms with Gasteiger partial charge in [-0.2, -0.15) is 0 Å². The van der Waals surface area contributed by atoms with E-state index >= 15 is 0 Å². The summed E-state index contributed by atoms with van der Waals surface area (Å²) in [6.45, 7) is 1.23. The third-order valence-corrected chi connectivity index (χ3v) is 7.48. The van der Waals surface area contributed by atoms with Crippen LogP contribution in [-0.2, 0) is 17.8 Å². The van der Waals surface area contributed by atoms with Gasteiger partial charge in [0, 0.05) is 17.7 Å². The monoisotopic (exact) mass is 508 g/mol. The van der Waals surface area contributed by atoms with Gasteiger partial charge >= 0.3 is 0 Å². The van der Waals surface area contributed by atoms with Crippen LogP contribution in [0.3, 0.4) is 0 Å². The first-order valence-electron chi connectivity index (χ1n) is 13.5. The number of nitrogens with zero attached hydrogens (tertiary/aromatic N) is 1. The van der Waals surface area contributed by atoms with Crippen molar-refractivity contribution >= 4 is 5.91 Å². The number of carbonyl (C=O) groups excluding carboxylic acids is 1. The summed E-state index contributed by atoms with van der Waals surface area (Å²) in [6.07, 6.45) is 6.36. The zero-order valence-electron chi connectivity index (χ0n) is 21.7. The summed E-state index contributed by atoms with van der Waals surface area (Å²) in [5.74, 6) is 2.25. The molecule has 6 nitrogen and oxygen atoms in total. The predicted molar refractivity (Wildman–Crippen MR) is 150 cm³/mol. The van der Waals surface area contributed by atoms with Gasteiger partial charge in [0.15, 0.2) is 0 Å². The lowest BCUT2D eigenvalue weighted by molar-refractivity contribution is -0.127. The molecular weight excluding hydrogens is 472 g/mol. The van der Waals surface area contributed by atoms with Gasteiger partial charge in [-0.3, -0.25) is 4.79 Å². The quantitative estimate of drug-likeness (QED) is 0.252. The van der Waals surface area contributed by atoms with Crippen LogP contribution < -0.4 is 15.8 Å². The second-order valence-corrected chi connectivity index (χ2v) is 10.2. The van der Waals surface area contributed by atoms with Crippen LogP contribution in [0.25, 0.3) is 11.3 Å². The third kappa shape index (κ3) is 6.69. The maximum absolute atomic E-state index is 13.3. The summed E-state index contributed by atoms with van der Waals surface area (Å²) in [4.78, 5) is 21.5. The Morgan fingerprint density at radius 3 is 2.29 bits per heavy atom. The minimum atomic E-state index is -0.261. The minimum Gasteiger partial charge on any atom is -0.489 e. The van der Waals surface area contributed by atoms with E-state index < -0.39 is 0 Å². The zero-order chi connectivity index (χ0) is 26.2. The Morgan fingerprint density at radius 1 is 0.921 bits per heavy atom. The van der Waals surface area contributed by atoms with E-state index in [-0.39, 0.29) is 17.9 Å². The van der Waals surface area contributed by atoms with E-state index in [0.717, 1.165) is 59.6 Å². The molecule has 0 bridgehead atoms. The summed E-state index contributed by atoms with van der Waals surface area (Å²) >= 11 is 0. The van der Waals surface area contributed by atoms with Crippen LogP contribution in [0.4, 0.5) is 0 Å². The molecule has 1 aromatic heterocycles. The summed E-state index contributed by atoms with van der Waals surface area (Å²) in [5.41, 5.74) is 10.0. The number of nitrogens with two attached hydrogens (primary N) is 1. The predicted octanol–water partition coefficient (Wildman–Crippen LogP) is 5.82. The summed E-state index contributed by atoms with van der Waals surface area (Å²) in [6, 6.07) is 28.0. The molecular formula is C32H36N4O2. The lowest BCUT2D eigenvalue weighted by Crippen LogP contribution is -2.37. The highest BCUT2D eigenvalue weighted by Gasteiger charge is 2.28. The van der Waals surface area contributed by atoms with E-state index in [9.17, 15) is 4.79 Å². The number of nitrogens with one attached hydrogen (secondary N) is 2. The lowest BCUT2D eigenvalue weighted by Gasteiger charge is -2.28. The van der Waals surface area contributed by atoms with Crippen LogP contribution in [0.15, 0.2) is 91.1 Å². The smallest absolute Gasteiger partial charge is 0.223 e. The van der Waals surface area contributed by atoms with Crippen LogP contribution in [0.1, 0.15) is 48.7 Å². The first-order valence-corrected chi connectivity index (χ1v) is 13.5. The fourth-order valence-electron chi connectivity index (χ4n) is 5.14. The standard InChI is InChI=1S/C32H36N4O2/c33-20-24-11-15-27(16-12-24)32(37)36-29(31-34-21-30(35-31)26-9-5-2-6-10-26)19-23-13-17-28(18-14-23)38-22-25-7-3-1-4-8-25/h1-10,13-14,17-18,21,24,27,29H,11-12,15-16,19-20,22,33H2,(H,34,35)(H,36,37)/t24-,27-,29-/m0/s1. The molecule has 196 valence electrons. The van der Waals surface area contributed by atoms with E-state index in [1.807, 2.05) is 66.9 Å².